The number of H-pyrrole nitrogens is 1. The first-order valence-corrected chi connectivity index (χ1v) is 36.4. The fourth-order valence-corrected chi connectivity index (χ4v) is 13.3. The molecule has 0 saturated carbocycles. The topological polar surface area (TPSA) is 468 Å². The summed E-state index contributed by atoms with van der Waals surface area (Å²) in [6, 6.07) is 12.1. The number of aliphatic carboxylic acids is 4. The van der Waals surface area contributed by atoms with Crippen LogP contribution in [0.15, 0.2) is 85.1 Å². The minimum absolute atomic E-state index is 0. The molecule has 8 amide bonds. The molecule has 3 heterocycles. The Bertz CT molecular complexity index is 3470. The van der Waals surface area contributed by atoms with Crippen molar-refractivity contribution in [2.24, 2.45) is 5.73 Å². The summed E-state index contributed by atoms with van der Waals surface area (Å²) in [5.74, 6) is -10.2. The molecule has 16 N–H and O–H groups in total. The van der Waals surface area contributed by atoms with Gasteiger partial charge in [0.15, 0.2) is 0 Å². The zero-order valence-electron chi connectivity index (χ0n) is 59.3. The van der Waals surface area contributed by atoms with E-state index in [1.54, 1.807) is 68.3 Å². The zero-order chi connectivity index (χ0) is 75.7. The number of carbonyl (C=O) groups is 12. The zero-order valence-corrected chi connectivity index (χ0v) is 61.7. The number of amides is 8. The number of fused-ring (bicyclic) bond motifs is 1. The summed E-state index contributed by atoms with van der Waals surface area (Å²) in [4.78, 5) is 174. The number of phenols is 1. The number of carboxylic acids is 4. The van der Waals surface area contributed by atoms with E-state index in [0.29, 0.717) is 61.8 Å². The second-order valence-electron chi connectivity index (χ2n) is 26.2. The predicted octanol–water partition coefficient (Wildman–Crippen LogP) is -0.699. The van der Waals surface area contributed by atoms with Gasteiger partial charge in [-0.05, 0) is 99.1 Å². The standard InChI is InChI=1S/C71H102N14O18S.Lu/c1-46(86)64-69(100)79-56(39-47-14-6-5-7-15-47)70(101)81(2)57(68(99)78-54(38-48-19-21-50(87)22-20-48)66(97)77-55(40-49-41-75-52-17-9-8-16-51(49)52)67(98)76-53(65(96)80-64)18-10-11-26-72)25-37-104-45-60(89)74-28-13-4-3-12-27-73-59(88)24-23-58(71(102)103)85-35-33-83(43-62(92)93)31-29-82(42-61(90)91)30-32-84(34-36-85)44-63(94)95;/h5-9,14-17,19-22,41,46,53-58,64,75,86-87H,3-4,10-13,18,23-40,42-45,72H2,1-2H3,(H,73,88)(H,74,89)(H,76,98)(H,77,97)(H,78,99)(H,79,100)(H,80,96)(H,90,91)(H,92,93)(H,94,95)(H,102,103);/t46-,53+,54+,55-,56+,57+,58?,64+;/m1./s1. The third-order valence-electron chi connectivity index (χ3n) is 18.2. The molecule has 585 valence electrons. The number of phenolic OH excluding ortho intramolecular Hbond substituents is 1. The number of aromatic hydroxyl groups is 1. The SMILES string of the molecule is C[C@@H](O)[C@@H]1NC(=O)[C@H](CCCCN)NC(=O)[C@@H](Cc2c[nH]c3ccccc23)NC(=O)[C@H](Cc2ccc(O)cc2)NC(=O)[C@H](CCSCC(=O)NCCCCCCNC(=O)CCC(C(=O)O)N2CCN(CC(=O)O)CCN(CC(=O)O)CCN(CC(=O)O)CC2)N(C)C(=O)[C@H](Cc2ccccc2)NC1=O.[Lu]. The van der Waals surface area contributed by atoms with Gasteiger partial charge in [0.05, 0.1) is 31.5 Å². The molecule has 1 aromatic heterocycles. The summed E-state index contributed by atoms with van der Waals surface area (Å²) in [6.45, 7) is 2.03. The molecule has 32 nitrogen and oxygen atoms in total. The molecule has 1 unspecified atom stereocenters. The van der Waals surface area contributed by atoms with Crippen molar-refractivity contribution in [3.8, 4) is 5.75 Å². The van der Waals surface area contributed by atoms with Gasteiger partial charge in [-0.25, -0.2) is 0 Å². The molecule has 2 aliphatic heterocycles. The smallest absolute Gasteiger partial charge is 0.320 e. The number of carboxylic acid groups (broad SMARTS) is 4. The van der Waals surface area contributed by atoms with Crippen molar-refractivity contribution in [3.63, 3.8) is 0 Å². The Morgan fingerprint density at radius 3 is 1.65 bits per heavy atom. The molecule has 0 bridgehead atoms. The van der Waals surface area contributed by atoms with E-state index >= 15 is 14.4 Å². The number of aliphatic hydroxyl groups excluding tert-OH is 1. The van der Waals surface area contributed by atoms with Crippen LogP contribution in [0.2, 0.25) is 0 Å². The number of nitrogens with one attached hydrogen (secondary N) is 8. The average Bonchev–Trinajstić information content (AvgIpc) is 1.56. The third kappa shape index (κ3) is 30.8. The Kier molecular flexibility index (Phi) is 38.5. The first-order chi connectivity index (χ1) is 49.8. The Morgan fingerprint density at radius 1 is 0.571 bits per heavy atom. The van der Waals surface area contributed by atoms with Gasteiger partial charge in [-0.2, -0.15) is 11.8 Å². The molecule has 1 radical (unpaired) electrons. The number of carbonyl (C=O) groups excluding carboxylic acids is 8. The van der Waals surface area contributed by atoms with Crippen molar-refractivity contribution in [1.82, 2.24) is 66.7 Å². The van der Waals surface area contributed by atoms with Crippen LogP contribution < -0.4 is 43.0 Å². The Labute approximate surface area is 643 Å². The van der Waals surface area contributed by atoms with E-state index in [2.05, 4.69) is 42.2 Å². The Morgan fingerprint density at radius 2 is 1.08 bits per heavy atom. The van der Waals surface area contributed by atoms with Crippen LogP contribution in [0.1, 0.15) is 87.8 Å². The maximum absolute atomic E-state index is 15.1. The van der Waals surface area contributed by atoms with Crippen molar-refractivity contribution in [3.05, 3.63) is 102 Å². The largest absolute Gasteiger partial charge is 0.508 e. The van der Waals surface area contributed by atoms with E-state index in [9.17, 15) is 73.8 Å². The molecular formula is C71H102LuN14O18S. The predicted molar refractivity (Wildman–Crippen MR) is 386 cm³/mol. The first-order valence-electron chi connectivity index (χ1n) is 35.2. The van der Waals surface area contributed by atoms with E-state index in [1.165, 1.54) is 37.9 Å². The van der Waals surface area contributed by atoms with Gasteiger partial charge in [-0.15, -0.1) is 0 Å². The molecule has 34 heteroatoms. The number of unbranched alkanes of at least 4 members (excludes halogenated alkanes) is 4. The van der Waals surface area contributed by atoms with E-state index in [0.717, 1.165) is 15.8 Å². The molecular weight excluding hydrogens is 1540 g/mol. The molecule has 6 rings (SSSR count). The van der Waals surface area contributed by atoms with Gasteiger partial charge in [0.1, 0.15) is 48.0 Å². The summed E-state index contributed by atoms with van der Waals surface area (Å²) in [7, 11) is 1.36. The van der Waals surface area contributed by atoms with Crippen molar-refractivity contribution in [2.75, 3.05) is 110 Å². The van der Waals surface area contributed by atoms with Crippen molar-refractivity contribution >= 4 is 93.8 Å². The van der Waals surface area contributed by atoms with Crippen molar-refractivity contribution < 1.29 is 125 Å². The quantitative estimate of drug-likeness (QED) is 0.0257. The second kappa shape index (κ2) is 46.1. The van der Waals surface area contributed by atoms with Crippen LogP contribution >= 0.6 is 11.8 Å². The molecule has 8 atom stereocenters. The van der Waals surface area contributed by atoms with E-state index in [4.69, 9.17) is 5.73 Å². The monoisotopic (exact) mass is 1650 g/mol. The fourth-order valence-electron chi connectivity index (χ4n) is 12.5. The van der Waals surface area contributed by atoms with Crippen LogP contribution in [0, 0.1) is 36.9 Å². The van der Waals surface area contributed by atoms with Gasteiger partial charge >= 0.3 is 23.9 Å². The number of aromatic amines is 1. The number of thioether (sulfide) groups is 1. The summed E-state index contributed by atoms with van der Waals surface area (Å²) in [5, 5.41) is 80.7. The number of aliphatic hydroxyl groups is 1. The number of likely N-dealkylation sites (N-methyl/N-ethyl adjacent to an activating group) is 1. The van der Waals surface area contributed by atoms with Gasteiger partial charge < -0.3 is 83.5 Å². The number of nitrogens with zero attached hydrogens (tertiary/aromatic N) is 5. The molecule has 2 aliphatic rings. The number of benzene rings is 3. The summed E-state index contributed by atoms with van der Waals surface area (Å²) in [6.07, 6.45) is 2.77. The van der Waals surface area contributed by atoms with Crippen molar-refractivity contribution in [2.45, 2.75) is 139 Å². The maximum Gasteiger partial charge on any atom is 0.320 e. The summed E-state index contributed by atoms with van der Waals surface area (Å²) in [5.41, 5.74) is 8.30. The van der Waals surface area contributed by atoms with Crippen LogP contribution in [-0.2, 0) is 76.8 Å². The molecule has 2 saturated heterocycles. The molecule has 0 aliphatic carbocycles. The van der Waals surface area contributed by atoms with Crippen LogP contribution in [0.4, 0.5) is 0 Å². The van der Waals surface area contributed by atoms with Crippen molar-refractivity contribution in [1.29, 1.82) is 0 Å². The molecule has 3 aromatic carbocycles. The van der Waals surface area contributed by atoms with Crippen LogP contribution in [-0.4, -0.2) is 290 Å². The summed E-state index contributed by atoms with van der Waals surface area (Å²) >= 11 is 1.17. The number of hydrogen-bond donors (Lipinski definition) is 15. The van der Waals surface area contributed by atoms with E-state index in [1.807, 2.05) is 24.3 Å². The Balaban J connectivity index is 0.0000198. The van der Waals surface area contributed by atoms with Crippen LogP contribution in [0.25, 0.3) is 10.9 Å². The second-order valence-corrected chi connectivity index (χ2v) is 27.3. The number of hydrogen-bond acceptors (Lipinski definition) is 20. The minimum atomic E-state index is -1.66. The van der Waals surface area contributed by atoms with E-state index in [-0.39, 0.29) is 196 Å². The van der Waals surface area contributed by atoms with Crippen LogP contribution in [0.3, 0.4) is 0 Å². The van der Waals surface area contributed by atoms with Gasteiger partial charge in [-0.3, -0.25) is 77.1 Å². The van der Waals surface area contributed by atoms with E-state index < -0.39 is 108 Å². The average molecular weight is 1650 g/mol. The number of para-hydroxylation sites is 1. The number of nitrogens with two attached hydrogens (primary N) is 1. The van der Waals surface area contributed by atoms with Gasteiger partial charge in [0.2, 0.25) is 47.3 Å². The molecule has 105 heavy (non-hydrogen) atoms. The van der Waals surface area contributed by atoms with Gasteiger partial charge in [0.25, 0.3) is 0 Å². The molecule has 2 fully saturated rings. The minimum Gasteiger partial charge on any atom is -0.508 e. The maximum atomic E-state index is 15.1. The molecule has 4 aromatic rings. The summed E-state index contributed by atoms with van der Waals surface area (Å²) < 4.78 is 0. The molecule has 0 spiro atoms. The number of rotatable bonds is 34. The Hall–Kier alpha value is -8.02. The van der Waals surface area contributed by atoms with Gasteiger partial charge in [0, 0.05) is 152 Å². The van der Waals surface area contributed by atoms with Crippen LogP contribution in [0.5, 0.6) is 5.75 Å². The third-order valence-corrected chi connectivity index (χ3v) is 19.2. The normalized spacial score (nSPS) is 20.6. The fraction of sp³-hybridized carbons (Fsp3) is 0.549. The van der Waals surface area contributed by atoms with Gasteiger partial charge in [-0.1, -0.05) is 73.5 Å². The first kappa shape index (κ1) is 87.6. The number of aromatic nitrogens is 1.